The highest BCUT2D eigenvalue weighted by atomic mass is 35.5. The molecule has 4 fully saturated rings. The van der Waals surface area contributed by atoms with Crippen molar-refractivity contribution in [2.24, 2.45) is 17.8 Å². The van der Waals surface area contributed by atoms with Gasteiger partial charge in [0.1, 0.15) is 11.9 Å². The van der Waals surface area contributed by atoms with Gasteiger partial charge in [-0.25, -0.2) is 17.9 Å². The number of alkyl halides is 1. The highest BCUT2D eigenvalue weighted by molar-refractivity contribution is 7.89. The highest BCUT2D eigenvalue weighted by Gasteiger charge is 2.52. The SMILES string of the molecule is COC(=O)[C@H]1Cc2c([nH]c3ccccc23)[C@H](c2ccc(S(=O)(=O)NC34CC5CC(CC(C5)C3)C4)cc2)N1C(=O)CCl. The van der Waals surface area contributed by atoms with E-state index in [4.69, 9.17) is 16.3 Å². The molecule has 1 aliphatic heterocycles. The fourth-order valence-corrected chi connectivity index (χ4v) is 10.3. The number of para-hydroxylation sites is 1. The van der Waals surface area contributed by atoms with Crippen molar-refractivity contribution in [3.8, 4) is 0 Å². The van der Waals surface area contributed by atoms with E-state index >= 15 is 0 Å². The number of aromatic amines is 1. The van der Waals surface area contributed by atoms with Crippen molar-refractivity contribution in [2.75, 3.05) is 13.0 Å². The van der Waals surface area contributed by atoms with Gasteiger partial charge in [0.2, 0.25) is 15.9 Å². The zero-order valence-electron chi connectivity index (χ0n) is 22.9. The predicted octanol–water partition coefficient (Wildman–Crippen LogP) is 4.67. The summed E-state index contributed by atoms with van der Waals surface area (Å²) < 4.78 is 35.6. The number of halogens is 1. The van der Waals surface area contributed by atoms with E-state index in [2.05, 4.69) is 9.71 Å². The summed E-state index contributed by atoms with van der Waals surface area (Å²) in [5, 5.41) is 0.971. The molecule has 1 amide bonds. The van der Waals surface area contributed by atoms with Gasteiger partial charge in [-0.1, -0.05) is 30.3 Å². The van der Waals surface area contributed by atoms with Crippen LogP contribution >= 0.6 is 11.6 Å². The van der Waals surface area contributed by atoms with Gasteiger partial charge < -0.3 is 14.6 Å². The summed E-state index contributed by atoms with van der Waals surface area (Å²) in [7, 11) is -2.44. The van der Waals surface area contributed by atoms with E-state index in [0.717, 1.165) is 41.4 Å². The van der Waals surface area contributed by atoms with Crippen molar-refractivity contribution in [1.82, 2.24) is 14.6 Å². The molecule has 0 radical (unpaired) electrons. The number of aromatic nitrogens is 1. The van der Waals surface area contributed by atoms with Crippen LogP contribution in [0.2, 0.25) is 0 Å². The lowest BCUT2D eigenvalue weighted by molar-refractivity contribution is -0.154. The van der Waals surface area contributed by atoms with Gasteiger partial charge in [-0.15, -0.1) is 11.6 Å². The van der Waals surface area contributed by atoms with E-state index in [1.807, 2.05) is 24.3 Å². The molecule has 10 heteroatoms. The maximum atomic E-state index is 13.7. The second-order valence-electron chi connectivity index (χ2n) is 12.5. The first kappa shape index (κ1) is 27.0. The van der Waals surface area contributed by atoms with Crippen LogP contribution in [0.25, 0.3) is 10.9 Å². The van der Waals surface area contributed by atoms with Crippen molar-refractivity contribution >= 4 is 44.4 Å². The number of ether oxygens (including phenoxy) is 1. The van der Waals surface area contributed by atoms with Gasteiger partial charge in [-0.2, -0.15) is 0 Å². The fourth-order valence-electron chi connectivity index (χ4n) is 8.74. The summed E-state index contributed by atoms with van der Waals surface area (Å²) in [6, 6.07) is 12.9. The molecule has 41 heavy (non-hydrogen) atoms. The molecular formula is C31H34ClN3O5S. The number of fused-ring (bicyclic) bond motifs is 3. The lowest BCUT2D eigenvalue weighted by Crippen LogP contribution is -2.59. The molecule has 2 atom stereocenters. The molecule has 4 saturated carbocycles. The van der Waals surface area contributed by atoms with E-state index in [1.54, 1.807) is 24.3 Å². The number of hydrogen-bond donors (Lipinski definition) is 2. The third-order valence-electron chi connectivity index (χ3n) is 9.90. The Morgan fingerprint density at radius 3 is 2.27 bits per heavy atom. The molecule has 2 N–H and O–H groups in total. The fraction of sp³-hybridized carbons (Fsp3) is 0.484. The molecule has 0 spiro atoms. The highest BCUT2D eigenvalue weighted by Crippen LogP contribution is 2.56. The van der Waals surface area contributed by atoms with Crippen LogP contribution in [0.1, 0.15) is 61.4 Å². The Bertz CT molecular complexity index is 1600. The first-order chi connectivity index (χ1) is 19.7. The van der Waals surface area contributed by atoms with Crippen molar-refractivity contribution in [3.05, 3.63) is 65.4 Å². The molecule has 1 aromatic heterocycles. The van der Waals surface area contributed by atoms with Crippen LogP contribution in [-0.4, -0.2) is 54.7 Å². The quantitative estimate of drug-likeness (QED) is 0.318. The van der Waals surface area contributed by atoms with Crippen LogP contribution in [-0.2, 0) is 30.8 Å². The Balaban J connectivity index is 1.26. The second-order valence-corrected chi connectivity index (χ2v) is 14.5. The number of nitrogens with zero attached hydrogens (tertiary/aromatic N) is 1. The minimum Gasteiger partial charge on any atom is -0.467 e. The first-order valence-electron chi connectivity index (χ1n) is 14.4. The number of carbonyl (C=O) groups is 2. The van der Waals surface area contributed by atoms with Gasteiger partial charge in [0, 0.05) is 28.6 Å². The average Bonchev–Trinajstić information content (AvgIpc) is 3.32. The summed E-state index contributed by atoms with van der Waals surface area (Å²) in [6.07, 6.45) is 6.75. The molecule has 5 aliphatic rings. The number of sulfonamides is 1. The number of hydrogen-bond acceptors (Lipinski definition) is 5. The molecule has 8 nitrogen and oxygen atoms in total. The maximum Gasteiger partial charge on any atom is 0.328 e. The van der Waals surface area contributed by atoms with E-state index in [1.165, 1.54) is 31.3 Å². The van der Waals surface area contributed by atoms with Gasteiger partial charge in [0.15, 0.2) is 0 Å². The summed E-state index contributed by atoms with van der Waals surface area (Å²) in [5.41, 5.74) is 2.95. The van der Waals surface area contributed by atoms with E-state index in [-0.39, 0.29) is 22.7 Å². The van der Waals surface area contributed by atoms with Gasteiger partial charge in [0.25, 0.3) is 0 Å². The van der Waals surface area contributed by atoms with Crippen LogP contribution in [0, 0.1) is 17.8 Å². The number of esters is 1. The van der Waals surface area contributed by atoms with Gasteiger partial charge in [-0.05, 0) is 85.6 Å². The minimum absolute atomic E-state index is 0.199. The molecular weight excluding hydrogens is 562 g/mol. The summed E-state index contributed by atoms with van der Waals surface area (Å²) in [5.74, 6) is 0.630. The minimum atomic E-state index is -3.75. The lowest BCUT2D eigenvalue weighted by Gasteiger charge is -2.56. The van der Waals surface area contributed by atoms with Gasteiger partial charge in [0.05, 0.1) is 18.0 Å². The molecule has 0 saturated heterocycles. The molecule has 216 valence electrons. The van der Waals surface area contributed by atoms with Crippen molar-refractivity contribution in [1.29, 1.82) is 0 Å². The number of rotatable bonds is 6. The molecule has 0 unspecified atom stereocenters. The molecule has 4 aliphatic carbocycles. The number of H-pyrrole nitrogens is 1. The topological polar surface area (TPSA) is 109 Å². The van der Waals surface area contributed by atoms with Crippen LogP contribution in [0.5, 0.6) is 0 Å². The number of methoxy groups -OCH3 is 1. The summed E-state index contributed by atoms with van der Waals surface area (Å²) >= 11 is 6.05. The Morgan fingerprint density at radius 2 is 1.66 bits per heavy atom. The third-order valence-corrected chi connectivity index (χ3v) is 11.7. The molecule has 8 rings (SSSR count). The molecule has 2 aromatic carbocycles. The zero-order valence-corrected chi connectivity index (χ0v) is 24.5. The van der Waals surface area contributed by atoms with Gasteiger partial charge >= 0.3 is 5.97 Å². The number of amides is 1. The summed E-state index contributed by atoms with van der Waals surface area (Å²) in [6.45, 7) is 0. The third kappa shape index (κ3) is 4.48. The van der Waals surface area contributed by atoms with Crippen LogP contribution in [0.3, 0.4) is 0 Å². The Morgan fingerprint density at radius 1 is 1.02 bits per heavy atom. The molecule has 3 aromatic rings. The maximum absolute atomic E-state index is 13.7. The number of carbonyl (C=O) groups excluding carboxylic acids is 2. The predicted molar refractivity (Wildman–Crippen MR) is 155 cm³/mol. The summed E-state index contributed by atoms with van der Waals surface area (Å²) in [4.78, 5) is 31.4. The van der Waals surface area contributed by atoms with E-state index in [9.17, 15) is 18.0 Å². The Kier molecular flexibility index (Phi) is 6.48. The van der Waals surface area contributed by atoms with Crippen LogP contribution in [0.15, 0.2) is 53.4 Å². The van der Waals surface area contributed by atoms with Gasteiger partial charge in [-0.3, -0.25) is 4.79 Å². The smallest absolute Gasteiger partial charge is 0.328 e. The second kappa shape index (κ2) is 9.85. The first-order valence-corrected chi connectivity index (χ1v) is 16.4. The monoisotopic (exact) mass is 595 g/mol. The number of benzene rings is 2. The normalized spacial score (nSPS) is 30.4. The van der Waals surface area contributed by atoms with Crippen molar-refractivity contribution < 1.29 is 22.7 Å². The lowest BCUT2D eigenvalue weighted by atomic mass is 9.53. The van der Waals surface area contributed by atoms with Crippen molar-refractivity contribution in [3.63, 3.8) is 0 Å². The van der Waals surface area contributed by atoms with Crippen LogP contribution in [0.4, 0.5) is 0 Å². The zero-order chi connectivity index (χ0) is 28.5. The Labute approximate surface area is 244 Å². The Hall–Kier alpha value is -2.88. The van der Waals surface area contributed by atoms with E-state index in [0.29, 0.717) is 23.3 Å². The number of nitrogens with one attached hydrogen (secondary N) is 2. The average molecular weight is 596 g/mol. The molecule has 2 heterocycles. The standard InChI is InChI=1S/C31H34ClN3O5S/c1-40-30(37)26-13-24-23-4-2-3-5-25(23)33-28(24)29(35(26)27(36)17-32)21-6-8-22(9-7-21)41(38,39)34-31-14-18-10-19(15-31)12-20(11-18)16-31/h2-9,18-20,26,29,33-34H,10-17H2,1H3/t18?,19?,20?,26-,29+,31?/m1/s1. The largest absolute Gasteiger partial charge is 0.467 e. The van der Waals surface area contributed by atoms with E-state index < -0.39 is 34.0 Å². The molecule has 4 bridgehead atoms. The van der Waals surface area contributed by atoms with Crippen molar-refractivity contribution in [2.45, 2.75) is 67.5 Å². The van der Waals surface area contributed by atoms with Crippen LogP contribution < -0.4 is 4.72 Å².